The average molecular weight is 454 g/mol. The van der Waals surface area contributed by atoms with Crippen LogP contribution in [0.1, 0.15) is 28.2 Å². The van der Waals surface area contributed by atoms with Gasteiger partial charge in [0.25, 0.3) is 5.91 Å². The van der Waals surface area contributed by atoms with E-state index in [1.807, 2.05) is 24.5 Å². The minimum Gasteiger partial charge on any atom is -0.480 e. The van der Waals surface area contributed by atoms with Crippen molar-refractivity contribution < 1.29 is 19.1 Å². The lowest BCUT2D eigenvalue weighted by molar-refractivity contribution is -0.139. The molecular formula is C24H24FN3O3S. The van der Waals surface area contributed by atoms with Crippen molar-refractivity contribution >= 4 is 29.7 Å². The molecule has 1 heterocycles. The zero-order valence-corrected chi connectivity index (χ0v) is 18.4. The van der Waals surface area contributed by atoms with Crippen molar-refractivity contribution in [1.82, 2.24) is 15.3 Å². The summed E-state index contributed by atoms with van der Waals surface area (Å²) in [6.45, 7) is 0. The lowest BCUT2D eigenvalue weighted by Gasteiger charge is -2.16. The van der Waals surface area contributed by atoms with Gasteiger partial charge in [0.05, 0.1) is 0 Å². The number of halogens is 1. The summed E-state index contributed by atoms with van der Waals surface area (Å²) in [5.74, 6) is -0.489. The molecule has 8 heteroatoms. The van der Waals surface area contributed by atoms with E-state index in [0.29, 0.717) is 35.3 Å². The number of benzene rings is 2. The number of carbonyl (C=O) groups is 2. The van der Waals surface area contributed by atoms with Crippen LogP contribution in [-0.4, -0.2) is 45.0 Å². The number of thioether (sulfide) groups is 1. The van der Waals surface area contributed by atoms with Gasteiger partial charge in [-0.3, -0.25) is 4.79 Å². The largest absolute Gasteiger partial charge is 0.480 e. The van der Waals surface area contributed by atoms with Gasteiger partial charge in [-0.25, -0.2) is 14.2 Å². The van der Waals surface area contributed by atoms with Gasteiger partial charge in [0.15, 0.2) is 0 Å². The van der Waals surface area contributed by atoms with Gasteiger partial charge < -0.3 is 15.4 Å². The summed E-state index contributed by atoms with van der Waals surface area (Å²) < 4.78 is 13.5. The number of aromatic nitrogens is 2. The monoisotopic (exact) mass is 453 g/mol. The molecule has 3 N–H and O–H groups in total. The number of carbonyl (C=O) groups excluding carboxylic acids is 1. The molecule has 3 rings (SSSR count). The summed E-state index contributed by atoms with van der Waals surface area (Å²) >= 11 is 1.52. The van der Waals surface area contributed by atoms with Crippen LogP contribution in [0.2, 0.25) is 0 Å². The average Bonchev–Trinajstić information content (AvgIpc) is 3.30. The van der Waals surface area contributed by atoms with Gasteiger partial charge in [-0.2, -0.15) is 11.8 Å². The fourth-order valence-corrected chi connectivity index (χ4v) is 3.65. The van der Waals surface area contributed by atoms with E-state index in [1.165, 1.54) is 23.9 Å². The van der Waals surface area contributed by atoms with E-state index >= 15 is 0 Å². The topological polar surface area (TPSA) is 95.1 Å². The maximum atomic E-state index is 13.5. The van der Waals surface area contributed by atoms with Gasteiger partial charge in [0.1, 0.15) is 17.7 Å². The number of nitrogens with zero attached hydrogens (tertiary/aromatic N) is 1. The Balaban J connectivity index is 1.89. The van der Waals surface area contributed by atoms with Crippen LogP contribution in [0.5, 0.6) is 0 Å². The minimum atomic E-state index is -1.08. The molecule has 0 bridgehead atoms. The number of rotatable bonds is 10. The third kappa shape index (κ3) is 6.31. The Morgan fingerprint density at radius 1 is 1.25 bits per heavy atom. The summed E-state index contributed by atoms with van der Waals surface area (Å²) in [5.41, 5.74) is 2.44. The SMILES string of the molecule is CSCC[C@H](NC(=O)c1ccc(C=CCc2ncc[nH]2)cc1-c1ccc(F)cc1)C(=O)O. The van der Waals surface area contributed by atoms with Crippen LogP contribution < -0.4 is 5.32 Å². The van der Waals surface area contributed by atoms with E-state index in [0.717, 1.165) is 11.4 Å². The van der Waals surface area contributed by atoms with Crippen molar-refractivity contribution in [2.45, 2.75) is 18.9 Å². The Kier molecular flexibility index (Phi) is 8.21. The number of amides is 1. The van der Waals surface area contributed by atoms with Crippen molar-refractivity contribution in [3.05, 3.63) is 83.7 Å². The van der Waals surface area contributed by atoms with Crippen molar-refractivity contribution in [2.75, 3.05) is 12.0 Å². The van der Waals surface area contributed by atoms with E-state index in [4.69, 9.17) is 0 Å². The van der Waals surface area contributed by atoms with Crippen molar-refractivity contribution in [3.63, 3.8) is 0 Å². The maximum absolute atomic E-state index is 13.5. The standard InChI is InChI=1S/C24H24FN3O3S/c1-32-14-11-21(24(30)31)28-23(29)19-10-5-16(3-2-4-22-26-12-13-27-22)15-20(19)17-6-8-18(25)9-7-17/h2-3,5-10,12-13,15,21H,4,11,14H2,1H3,(H,26,27)(H,28,29)(H,30,31)/t21-/m0/s1. The molecular weight excluding hydrogens is 429 g/mol. The molecule has 1 amide bonds. The van der Waals surface area contributed by atoms with Gasteiger partial charge >= 0.3 is 5.97 Å². The van der Waals surface area contributed by atoms with Gasteiger partial charge in [-0.15, -0.1) is 0 Å². The first kappa shape index (κ1) is 23.3. The number of carboxylic acids is 1. The molecule has 1 aromatic heterocycles. The molecule has 3 aromatic rings. The quantitative estimate of drug-likeness (QED) is 0.423. The van der Waals surface area contributed by atoms with Gasteiger partial charge in [0, 0.05) is 24.4 Å². The summed E-state index contributed by atoms with van der Waals surface area (Å²) in [4.78, 5) is 31.7. The second kappa shape index (κ2) is 11.3. The third-order valence-electron chi connectivity index (χ3n) is 4.83. The molecule has 0 aliphatic carbocycles. The van der Waals surface area contributed by atoms with Crippen LogP contribution in [-0.2, 0) is 11.2 Å². The number of hydrogen-bond acceptors (Lipinski definition) is 4. The highest BCUT2D eigenvalue weighted by atomic mass is 32.2. The molecule has 2 aromatic carbocycles. The fourth-order valence-electron chi connectivity index (χ4n) is 3.18. The second-order valence-corrected chi connectivity index (χ2v) is 8.09. The van der Waals surface area contributed by atoms with E-state index in [-0.39, 0.29) is 5.82 Å². The maximum Gasteiger partial charge on any atom is 0.326 e. The summed E-state index contributed by atoms with van der Waals surface area (Å²) in [6, 6.07) is 10.2. The van der Waals surface area contributed by atoms with Crippen molar-refractivity contribution in [1.29, 1.82) is 0 Å². The first-order valence-electron chi connectivity index (χ1n) is 10.1. The number of nitrogens with one attached hydrogen (secondary N) is 2. The molecule has 0 aliphatic heterocycles. The Labute approximate surface area is 190 Å². The molecule has 166 valence electrons. The third-order valence-corrected chi connectivity index (χ3v) is 5.48. The lowest BCUT2D eigenvalue weighted by atomic mass is 9.96. The van der Waals surface area contributed by atoms with Crippen LogP contribution in [0.3, 0.4) is 0 Å². The predicted molar refractivity (Wildman–Crippen MR) is 125 cm³/mol. The second-order valence-electron chi connectivity index (χ2n) is 7.10. The molecule has 32 heavy (non-hydrogen) atoms. The van der Waals surface area contributed by atoms with E-state index < -0.39 is 17.9 Å². The molecule has 6 nitrogen and oxygen atoms in total. The smallest absolute Gasteiger partial charge is 0.326 e. The Hall–Kier alpha value is -3.39. The van der Waals surface area contributed by atoms with Crippen LogP contribution in [0.25, 0.3) is 17.2 Å². The van der Waals surface area contributed by atoms with E-state index in [1.54, 1.807) is 36.7 Å². The molecule has 0 radical (unpaired) electrons. The molecule has 0 aliphatic rings. The summed E-state index contributed by atoms with van der Waals surface area (Å²) in [5, 5.41) is 12.1. The molecule has 0 saturated heterocycles. The normalized spacial score (nSPS) is 12.1. The molecule has 0 saturated carbocycles. The number of H-pyrrole nitrogens is 1. The van der Waals surface area contributed by atoms with E-state index in [2.05, 4.69) is 15.3 Å². The predicted octanol–water partition coefficient (Wildman–Crippen LogP) is 4.41. The van der Waals surface area contributed by atoms with Crippen LogP contribution >= 0.6 is 11.8 Å². The zero-order valence-electron chi connectivity index (χ0n) is 17.5. The van der Waals surface area contributed by atoms with Crippen molar-refractivity contribution in [3.8, 4) is 11.1 Å². The van der Waals surface area contributed by atoms with Crippen LogP contribution in [0.15, 0.2) is 60.9 Å². The number of imidazole rings is 1. The first-order valence-corrected chi connectivity index (χ1v) is 11.4. The van der Waals surface area contributed by atoms with Gasteiger partial charge in [-0.05, 0) is 59.4 Å². The fraction of sp³-hybridized carbons (Fsp3) is 0.208. The van der Waals surface area contributed by atoms with Gasteiger partial charge in [0.2, 0.25) is 0 Å². The molecule has 0 fully saturated rings. The number of aromatic amines is 1. The van der Waals surface area contributed by atoms with E-state index in [9.17, 15) is 19.1 Å². The van der Waals surface area contributed by atoms with Crippen LogP contribution in [0, 0.1) is 5.82 Å². The Morgan fingerprint density at radius 3 is 2.69 bits per heavy atom. The van der Waals surface area contributed by atoms with Crippen LogP contribution in [0.4, 0.5) is 4.39 Å². The summed E-state index contributed by atoms with van der Waals surface area (Å²) in [7, 11) is 0. The summed E-state index contributed by atoms with van der Waals surface area (Å²) in [6.07, 6.45) is 10.1. The minimum absolute atomic E-state index is 0.321. The molecule has 0 unspecified atom stereocenters. The number of aliphatic carboxylic acids is 1. The number of carboxylic acid groups (broad SMARTS) is 1. The highest BCUT2D eigenvalue weighted by Gasteiger charge is 2.22. The lowest BCUT2D eigenvalue weighted by Crippen LogP contribution is -2.41. The highest BCUT2D eigenvalue weighted by Crippen LogP contribution is 2.26. The van der Waals surface area contributed by atoms with Crippen molar-refractivity contribution in [2.24, 2.45) is 0 Å². The Morgan fingerprint density at radius 2 is 2.03 bits per heavy atom. The zero-order chi connectivity index (χ0) is 22.9. The Bertz CT molecular complexity index is 1080. The highest BCUT2D eigenvalue weighted by molar-refractivity contribution is 7.98. The molecule has 0 spiro atoms. The number of hydrogen-bond donors (Lipinski definition) is 3. The van der Waals surface area contributed by atoms with Gasteiger partial charge in [-0.1, -0.05) is 30.4 Å². The first-order chi connectivity index (χ1) is 15.5. The number of allylic oxidation sites excluding steroid dienone is 1. The molecule has 1 atom stereocenters.